The van der Waals surface area contributed by atoms with Crippen LogP contribution < -0.4 is 5.32 Å². The molecule has 0 aliphatic rings. The summed E-state index contributed by atoms with van der Waals surface area (Å²) in [5, 5.41) is 6.67. The van der Waals surface area contributed by atoms with Crippen LogP contribution in [0.2, 0.25) is 0 Å². The third kappa shape index (κ3) is 10.2. The average molecular weight is 325 g/mol. The lowest BCUT2D eigenvalue weighted by Gasteiger charge is -2.17. The molecule has 0 aromatic carbocycles. The second-order valence-corrected chi connectivity index (χ2v) is 7.38. The van der Waals surface area contributed by atoms with Gasteiger partial charge in [0, 0.05) is 18.1 Å². The molecular formula is C19H36N2S. The first kappa shape index (κ1) is 19.5. The Morgan fingerprint density at radius 1 is 0.909 bits per heavy atom. The van der Waals surface area contributed by atoms with E-state index in [2.05, 4.69) is 24.1 Å². The number of thiazole rings is 1. The molecule has 0 aliphatic heterocycles. The molecule has 128 valence electrons. The van der Waals surface area contributed by atoms with Crippen molar-refractivity contribution < 1.29 is 0 Å². The minimum Gasteiger partial charge on any atom is -0.361 e. The molecule has 0 bridgehead atoms. The molecule has 0 spiro atoms. The fourth-order valence-corrected chi connectivity index (χ4v) is 3.50. The Morgan fingerprint density at radius 2 is 1.50 bits per heavy atom. The van der Waals surface area contributed by atoms with Gasteiger partial charge in [0.1, 0.15) is 0 Å². The first-order valence-corrected chi connectivity index (χ1v) is 10.4. The van der Waals surface area contributed by atoms with Crippen LogP contribution in [0, 0.1) is 5.92 Å². The van der Waals surface area contributed by atoms with Gasteiger partial charge >= 0.3 is 0 Å². The van der Waals surface area contributed by atoms with Crippen LogP contribution in [0.3, 0.4) is 0 Å². The maximum Gasteiger partial charge on any atom is 0.182 e. The molecule has 22 heavy (non-hydrogen) atoms. The first-order chi connectivity index (χ1) is 10.9. The number of anilines is 1. The fraction of sp³-hybridized carbons (Fsp3) is 0.842. The fourth-order valence-electron chi connectivity index (χ4n) is 2.96. The van der Waals surface area contributed by atoms with E-state index in [0.29, 0.717) is 0 Å². The molecule has 0 aliphatic carbocycles. The molecule has 0 unspecified atom stereocenters. The highest BCUT2D eigenvalue weighted by Crippen LogP contribution is 2.20. The topological polar surface area (TPSA) is 24.9 Å². The smallest absolute Gasteiger partial charge is 0.182 e. The van der Waals surface area contributed by atoms with Crippen molar-refractivity contribution in [2.24, 2.45) is 5.92 Å². The number of nitrogens with zero attached hydrogens (tertiary/aromatic N) is 1. The van der Waals surface area contributed by atoms with Crippen LogP contribution in [0.4, 0.5) is 5.13 Å². The third-order valence-corrected chi connectivity index (χ3v) is 5.14. The molecule has 0 saturated heterocycles. The van der Waals surface area contributed by atoms with E-state index in [1.54, 1.807) is 11.3 Å². The normalized spacial score (nSPS) is 11.2. The van der Waals surface area contributed by atoms with Crippen LogP contribution in [-0.4, -0.2) is 11.5 Å². The lowest BCUT2D eigenvalue weighted by atomic mass is 9.94. The molecule has 1 N–H and O–H groups in total. The van der Waals surface area contributed by atoms with E-state index in [9.17, 15) is 0 Å². The molecule has 0 atom stereocenters. The van der Waals surface area contributed by atoms with Gasteiger partial charge < -0.3 is 5.32 Å². The van der Waals surface area contributed by atoms with Gasteiger partial charge in [0.2, 0.25) is 0 Å². The number of unbranched alkanes of at least 4 members (excludes halogenated alkanes) is 8. The van der Waals surface area contributed by atoms with E-state index in [4.69, 9.17) is 0 Å². The van der Waals surface area contributed by atoms with Crippen LogP contribution in [0.25, 0.3) is 0 Å². The number of aromatic nitrogens is 1. The van der Waals surface area contributed by atoms with Gasteiger partial charge in [-0.3, -0.25) is 0 Å². The number of rotatable bonds is 15. The zero-order chi connectivity index (χ0) is 15.9. The van der Waals surface area contributed by atoms with E-state index in [-0.39, 0.29) is 0 Å². The first-order valence-electron chi connectivity index (χ1n) is 9.50. The maximum absolute atomic E-state index is 4.34. The zero-order valence-electron chi connectivity index (χ0n) is 14.8. The summed E-state index contributed by atoms with van der Waals surface area (Å²) < 4.78 is 0. The van der Waals surface area contributed by atoms with Gasteiger partial charge in [-0.2, -0.15) is 0 Å². The predicted molar refractivity (Wildman–Crippen MR) is 101 cm³/mol. The highest BCUT2D eigenvalue weighted by atomic mass is 32.1. The van der Waals surface area contributed by atoms with Gasteiger partial charge in [-0.25, -0.2) is 4.98 Å². The van der Waals surface area contributed by atoms with E-state index in [0.717, 1.165) is 17.6 Å². The largest absolute Gasteiger partial charge is 0.361 e. The van der Waals surface area contributed by atoms with Crippen molar-refractivity contribution in [1.29, 1.82) is 0 Å². The molecule has 0 saturated carbocycles. The maximum atomic E-state index is 4.34. The van der Waals surface area contributed by atoms with E-state index >= 15 is 0 Å². The Bertz CT molecular complexity index is 310. The summed E-state index contributed by atoms with van der Waals surface area (Å²) in [5.41, 5.74) is 0. The molecule has 1 aromatic rings. The summed E-state index contributed by atoms with van der Waals surface area (Å²) in [6.45, 7) is 5.68. The van der Waals surface area contributed by atoms with Gasteiger partial charge in [-0.15, -0.1) is 11.3 Å². The molecular weight excluding hydrogens is 288 g/mol. The van der Waals surface area contributed by atoms with Crippen LogP contribution in [0.1, 0.15) is 90.9 Å². The Morgan fingerprint density at radius 3 is 2.00 bits per heavy atom. The number of hydrogen-bond acceptors (Lipinski definition) is 3. The Balaban J connectivity index is 2.19. The van der Waals surface area contributed by atoms with Crippen molar-refractivity contribution in [2.75, 3.05) is 11.9 Å². The summed E-state index contributed by atoms with van der Waals surface area (Å²) >= 11 is 1.71. The third-order valence-electron chi connectivity index (χ3n) is 4.41. The summed E-state index contributed by atoms with van der Waals surface area (Å²) in [5.74, 6) is 0.826. The predicted octanol–water partition coefficient (Wildman–Crippen LogP) is 6.89. The lowest BCUT2D eigenvalue weighted by Crippen LogP contribution is -2.14. The Hall–Kier alpha value is -0.570. The molecule has 2 nitrogen and oxygen atoms in total. The summed E-state index contributed by atoms with van der Waals surface area (Å²) in [4.78, 5) is 4.34. The van der Waals surface area contributed by atoms with Crippen LogP contribution in [0.15, 0.2) is 11.6 Å². The van der Waals surface area contributed by atoms with Crippen LogP contribution in [0.5, 0.6) is 0 Å². The minimum atomic E-state index is 0.826. The molecule has 0 amide bonds. The Labute approximate surface area is 142 Å². The molecule has 3 heteroatoms. The van der Waals surface area contributed by atoms with Crippen molar-refractivity contribution >= 4 is 16.5 Å². The molecule has 1 heterocycles. The highest BCUT2D eigenvalue weighted by Gasteiger charge is 2.09. The van der Waals surface area contributed by atoms with E-state index in [1.807, 2.05) is 11.6 Å². The second kappa shape index (κ2) is 14.0. The quantitative estimate of drug-likeness (QED) is 0.355. The van der Waals surface area contributed by atoms with Crippen molar-refractivity contribution in [1.82, 2.24) is 4.98 Å². The number of nitrogens with one attached hydrogen (secondary N) is 1. The van der Waals surface area contributed by atoms with Gasteiger partial charge in [0.05, 0.1) is 0 Å². The SMILES string of the molecule is CCCCCCCC(CCCCCCC)CNc1nccs1. The van der Waals surface area contributed by atoms with Crippen molar-refractivity contribution in [3.63, 3.8) is 0 Å². The Kier molecular flexibility index (Phi) is 12.4. The second-order valence-electron chi connectivity index (χ2n) is 6.49. The van der Waals surface area contributed by atoms with Crippen LogP contribution >= 0.6 is 11.3 Å². The van der Waals surface area contributed by atoms with Gasteiger partial charge in [0.25, 0.3) is 0 Å². The molecule has 1 rings (SSSR count). The summed E-state index contributed by atoms with van der Waals surface area (Å²) in [6, 6.07) is 0. The zero-order valence-corrected chi connectivity index (χ0v) is 15.6. The molecule has 0 fully saturated rings. The van der Waals surface area contributed by atoms with Crippen molar-refractivity contribution in [3.05, 3.63) is 11.6 Å². The summed E-state index contributed by atoms with van der Waals surface area (Å²) in [7, 11) is 0. The van der Waals surface area contributed by atoms with Crippen LogP contribution in [-0.2, 0) is 0 Å². The molecule has 0 radical (unpaired) electrons. The summed E-state index contributed by atoms with van der Waals surface area (Å²) in [6.07, 6.45) is 18.6. The van der Waals surface area contributed by atoms with E-state index < -0.39 is 0 Å². The average Bonchev–Trinajstić information content (AvgIpc) is 3.04. The van der Waals surface area contributed by atoms with Crippen molar-refractivity contribution in [2.45, 2.75) is 90.9 Å². The monoisotopic (exact) mass is 324 g/mol. The van der Waals surface area contributed by atoms with Gasteiger partial charge in [-0.05, 0) is 18.8 Å². The van der Waals surface area contributed by atoms with Gasteiger partial charge in [0.15, 0.2) is 5.13 Å². The van der Waals surface area contributed by atoms with Gasteiger partial charge in [-0.1, -0.05) is 78.1 Å². The minimum absolute atomic E-state index is 0.826. The number of hydrogen-bond donors (Lipinski definition) is 1. The highest BCUT2D eigenvalue weighted by molar-refractivity contribution is 7.13. The lowest BCUT2D eigenvalue weighted by molar-refractivity contribution is 0.420. The standard InChI is InChI=1S/C19H36N2S/c1-3-5-7-9-11-13-18(14-12-10-8-6-4-2)17-21-19-20-15-16-22-19/h15-16,18H,3-14,17H2,1-2H3,(H,20,21). The molecule has 1 aromatic heterocycles. The van der Waals surface area contributed by atoms with Crippen molar-refractivity contribution in [3.8, 4) is 0 Å². The van der Waals surface area contributed by atoms with E-state index in [1.165, 1.54) is 77.0 Å².